The molecule has 1 atom stereocenters. The highest BCUT2D eigenvalue weighted by Crippen LogP contribution is 2.36. The molecule has 7 heteroatoms. The average Bonchev–Trinajstić information content (AvgIpc) is 3.00. The number of carbonyl (C=O) groups excluding carboxylic acids is 1. The second kappa shape index (κ2) is 9.43. The summed E-state index contributed by atoms with van der Waals surface area (Å²) in [5.74, 6) is -0.118. The molecule has 1 aliphatic rings. The zero-order chi connectivity index (χ0) is 20.9. The number of nitrogens with one attached hydrogen (secondary N) is 1. The number of halogens is 2. The van der Waals surface area contributed by atoms with Crippen LogP contribution in [0.4, 0.5) is 5.69 Å². The topological polar surface area (TPSA) is 68.5 Å². The largest absolute Gasteiger partial charge is 0.324 e. The van der Waals surface area contributed by atoms with Crippen LogP contribution in [-0.2, 0) is 4.79 Å². The summed E-state index contributed by atoms with van der Waals surface area (Å²) in [6.45, 7) is 2.94. The number of hydrogen-bond acceptors (Lipinski definition) is 4. The summed E-state index contributed by atoms with van der Waals surface area (Å²) in [5.41, 5.74) is 2.44. The number of hydrogen-bond donors (Lipinski definition) is 1. The lowest BCUT2D eigenvalue weighted by Gasteiger charge is -2.26. The molecule has 1 heterocycles. The molecule has 0 fully saturated rings. The van der Waals surface area contributed by atoms with Gasteiger partial charge in [-0.05, 0) is 54.8 Å². The molecule has 0 bridgehead atoms. The van der Waals surface area contributed by atoms with Gasteiger partial charge >= 0.3 is 0 Å². The van der Waals surface area contributed by atoms with Gasteiger partial charge in [0.05, 0.1) is 11.8 Å². The van der Waals surface area contributed by atoms with Crippen molar-refractivity contribution < 1.29 is 4.79 Å². The molecule has 1 amide bonds. The third-order valence-electron chi connectivity index (χ3n) is 4.93. The second-order valence-corrected chi connectivity index (χ2v) is 8.76. The number of rotatable bonds is 7. The maximum atomic E-state index is 12.5. The SMILES string of the molecule is CC1(CCCC#N)CN(CC(=O)Nc2ccc(Br)cc2)N=C1c1ccc(Cl)cc1. The van der Waals surface area contributed by atoms with Crippen molar-refractivity contribution >= 4 is 44.8 Å². The van der Waals surface area contributed by atoms with Gasteiger partial charge in [0.1, 0.15) is 6.54 Å². The van der Waals surface area contributed by atoms with E-state index in [9.17, 15) is 4.79 Å². The van der Waals surface area contributed by atoms with E-state index in [4.69, 9.17) is 22.0 Å². The van der Waals surface area contributed by atoms with E-state index in [-0.39, 0.29) is 17.9 Å². The van der Waals surface area contributed by atoms with Crippen molar-refractivity contribution in [2.45, 2.75) is 26.2 Å². The zero-order valence-corrected chi connectivity index (χ0v) is 18.5. The summed E-state index contributed by atoms with van der Waals surface area (Å²) in [4.78, 5) is 12.5. The quantitative estimate of drug-likeness (QED) is 0.543. The molecule has 0 saturated carbocycles. The minimum Gasteiger partial charge on any atom is -0.324 e. The highest BCUT2D eigenvalue weighted by molar-refractivity contribution is 9.10. The molecule has 2 aromatic carbocycles. The number of unbranched alkanes of at least 4 members (excludes halogenated alkanes) is 1. The van der Waals surface area contributed by atoms with Gasteiger partial charge in [0.25, 0.3) is 0 Å². The van der Waals surface area contributed by atoms with E-state index in [2.05, 4.69) is 34.2 Å². The van der Waals surface area contributed by atoms with E-state index in [1.807, 2.05) is 53.5 Å². The van der Waals surface area contributed by atoms with Crippen molar-refractivity contribution in [2.75, 3.05) is 18.4 Å². The maximum absolute atomic E-state index is 12.5. The third-order valence-corrected chi connectivity index (χ3v) is 5.71. The van der Waals surface area contributed by atoms with Gasteiger partial charge in [0, 0.05) is 33.6 Å². The molecule has 0 aliphatic carbocycles. The first kappa shape index (κ1) is 21.4. The Kier molecular flexibility index (Phi) is 6.94. The maximum Gasteiger partial charge on any atom is 0.245 e. The highest BCUT2D eigenvalue weighted by Gasteiger charge is 2.39. The van der Waals surface area contributed by atoms with Crippen molar-refractivity contribution in [3.8, 4) is 6.07 Å². The Bertz CT molecular complexity index is 937. The van der Waals surface area contributed by atoms with Crippen LogP contribution in [0.15, 0.2) is 58.1 Å². The summed E-state index contributed by atoms with van der Waals surface area (Å²) in [6, 6.07) is 17.3. The first-order chi connectivity index (χ1) is 13.9. The number of benzene rings is 2. The van der Waals surface area contributed by atoms with Crippen molar-refractivity contribution in [2.24, 2.45) is 10.5 Å². The fraction of sp³-hybridized carbons (Fsp3) is 0.318. The van der Waals surface area contributed by atoms with Gasteiger partial charge in [-0.2, -0.15) is 10.4 Å². The van der Waals surface area contributed by atoms with Crippen molar-refractivity contribution in [1.82, 2.24) is 5.01 Å². The number of nitriles is 1. The van der Waals surface area contributed by atoms with Gasteiger partial charge in [-0.15, -0.1) is 0 Å². The van der Waals surface area contributed by atoms with Crippen LogP contribution in [-0.4, -0.2) is 29.7 Å². The Labute approximate surface area is 184 Å². The summed E-state index contributed by atoms with van der Waals surface area (Å²) in [5, 5.41) is 19.1. The van der Waals surface area contributed by atoms with Gasteiger partial charge in [0.2, 0.25) is 5.91 Å². The Hall–Kier alpha value is -2.36. The van der Waals surface area contributed by atoms with Crippen LogP contribution in [0.3, 0.4) is 0 Å². The molecule has 150 valence electrons. The van der Waals surface area contributed by atoms with Gasteiger partial charge in [-0.1, -0.05) is 46.6 Å². The smallest absolute Gasteiger partial charge is 0.245 e. The zero-order valence-electron chi connectivity index (χ0n) is 16.2. The predicted octanol–water partition coefficient (Wildman–Crippen LogP) is 5.46. The van der Waals surface area contributed by atoms with E-state index in [0.29, 0.717) is 18.0 Å². The molecule has 29 heavy (non-hydrogen) atoms. The molecule has 1 unspecified atom stereocenters. The molecule has 0 saturated heterocycles. The minimum absolute atomic E-state index is 0.118. The normalized spacial score (nSPS) is 18.3. The predicted molar refractivity (Wildman–Crippen MR) is 120 cm³/mol. The Morgan fingerprint density at radius 1 is 1.28 bits per heavy atom. The number of nitrogens with zero attached hydrogens (tertiary/aromatic N) is 3. The van der Waals surface area contributed by atoms with Crippen LogP contribution in [0.5, 0.6) is 0 Å². The van der Waals surface area contributed by atoms with Gasteiger partial charge in [-0.3, -0.25) is 9.80 Å². The second-order valence-electron chi connectivity index (χ2n) is 7.41. The van der Waals surface area contributed by atoms with Crippen LogP contribution in [0.25, 0.3) is 0 Å². The first-order valence-electron chi connectivity index (χ1n) is 9.42. The Morgan fingerprint density at radius 3 is 2.62 bits per heavy atom. The van der Waals surface area contributed by atoms with Crippen LogP contribution < -0.4 is 5.32 Å². The van der Waals surface area contributed by atoms with E-state index >= 15 is 0 Å². The van der Waals surface area contributed by atoms with Crippen LogP contribution in [0.1, 0.15) is 31.7 Å². The van der Waals surface area contributed by atoms with Crippen molar-refractivity contribution in [1.29, 1.82) is 5.26 Å². The summed E-state index contributed by atoms with van der Waals surface area (Å²) < 4.78 is 0.959. The highest BCUT2D eigenvalue weighted by atomic mass is 79.9. The van der Waals surface area contributed by atoms with Crippen LogP contribution in [0.2, 0.25) is 5.02 Å². The molecule has 0 spiro atoms. The first-order valence-corrected chi connectivity index (χ1v) is 10.6. The third kappa shape index (κ3) is 5.59. The number of anilines is 1. The lowest BCUT2D eigenvalue weighted by atomic mass is 9.78. The molecule has 2 aromatic rings. The van der Waals surface area contributed by atoms with Crippen LogP contribution >= 0.6 is 27.5 Å². The van der Waals surface area contributed by atoms with E-state index < -0.39 is 0 Å². The summed E-state index contributed by atoms with van der Waals surface area (Å²) in [7, 11) is 0. The van der Waals surface area contributed by atoms with Gasteiger partial charge < -0.3 is 5.32 Å². The lowest BCUT2D eigenvalue weighted by molar-refractivity contribution is -0.117. The molecular weight excluding hydrogens is 452 g/mol. The monoisotopic (exact) mass is 472 g/mol. The van der Waals surface area contributed by atoms with Gasteiger partial charge in [0.15, 0.2) is 0 Å². The summed E-state index contributed by atoms with van der Waals surface area (Å²) >= 11 is 9.42. The number of amides is 1. The van der Waals surface area contributed by atoms with E-state index in [0.717, 1.165) is 34.3 Å². The van der Waals surface area contributed by atoms with E-state index in [1.165, 1.54) is 0 Å². The van der Waals surface area contributed by atoms with Gasteiger partial charge in [-0.25, -0.2) is 0 Å². The summed E-state index contributed by atoms with van der Waals surface area (Å²) in [6.07, 6.45) is 2.12. The number of hydrazone groups is 1. The minimum atomic E-state index is -0.234. The molecule has 3 rings (SSSR count). The van der Waals surface area contributed by atoms with Crippen LogP contribution in [0, 0.1) is 16.7 Å². The molecule has 5 nitrogen and oxygen atoms in total. The lowest BCUT2D eigenvalue weighted by Crippen LogP contribution is -2.34. The Morgan fingerprint density at radius 2 is 1.97 bits per heavy atom. The van der Waals surface area contributed by atoms with E-state index in [1.54, 1.807) is 0 Å². The standard InChI is InChI=1S/C22H22BrClN4O/c1-22(12-2-3-13-25)15-28(27-21(22)16-4-8-18(24)9-5-16)14-20(29)26-19-10-6-17(23)7-11-19/h4-11H,2-3,12,14-15H2,1H3,(H,26,29). The number of carbonyl (C=O) groups is 1. The fourth-order valence-corrected chi connectivity index (χ4v) is 3.93. The average molecular weight is 474 g/mol. The molecular formula is C22H22BrClN4O. The molecule has 0 radical (unpaired) electrons. The Balaban J connectivity index is 1.74. The fourth-order valence-electron chi connectivity index (χ4n) is 3.53. The molecule has 1 aliphatic heterocycles. The van der Waals surface area contributed by atoms with Crippen molar-refractivity contribution in [3.63, 3.8) is 0 Å². The molecule has 0 aromatic heterocycles. The van der Waals surface area contributed by atoms with Crippen molar-refractivity contribution in [3.05, 3.63) is 63.6 Å². The molecule has 1 N–H and O–H groups in total.